The Morgan fingerprint density at radius 3 is 2.38 bits per heavy atom. The molecule has 1 N–H and O–H groups in total. The van der Waals surface area contributed by atoms with E-state index < -0.39 is 5.91 Å². The van der Waals surface area contributed by atoms with Crippen LogP contribution in [0.15, 0.2) is 5.11 Å². The monoisotopic (exact) mass is 225 g/mol. The van der Waals surface area contributed by atoms with Crippen molar-refractivity contribution in [2.24, 2.45) is 5.11 Å². The number of amides is 3. The van der Waals surface area contributed by atoms with Gasteiger partial charge in [-0.3, -0.25) is 19.3 Å². The second-order valence-corrected chi connectivity index (χ2v) is 3.76. The highest BCUT2D eigenvalue weighted by molar-refractivity contribution is 6.01. The molecule has 88 valence electrons. The topological polar surface area (TPSA) is 90.7 Å². The lowest BCUT2D eigenvalue weighted by Crippen LogP contribution is -2.29. The summed E-state index contributed by atoms with van der Waals surface area (Å²) in [4.78, 5) is 34.4. The van der Waals surface area contributed by atoms with Crippen LogP contribution in [0, 0.1) is 5.53 Å². The van der Waals surface area contributed by atoms with Crippen molar-refractivity contribution in [2.45, 2.75) is 38.5 Å². The van der Waals surface area contributed by atoms with Crippen LogP contribution < -0.4 is 0 Å². The molecule has 6 nitrogen and oxygen atoms in total. The van der Waals surface area contributed by atoms with Crippen LogP contribution in [0.25, 0.3) is 0 Å². The van der Waals surface area contributed by atoms with E-state index in [0.29, 0.717) is 32.2 Å². The highest BCUT2D eigenvalue weighted by atomic mass is 16.2. The first-order valence-electron chi connectivity index (χ1n) is 5.38. The summed E-state index contributed by atoms with van der Waals surface area (Å²) in [5.41, 5.74) is 6.46. The first kappa shape index (κ1) is 12.5. The number of hydrogen-bond acceptors (Lipinski definition) is 4. The van der Waals surface area contributed by atoms with Crippen LogP contribution in [0.1, 0.15) is 38.5 Å². The van der Waals surface area contributed by atoms with E-state index in [0.717, 1.165) is 6.42 Å². The fraction of sp³-hybridized carbons (Fsp3) is 0.700. The van der Waals surface area contributed by atoms with Crippen LogP contribution in [0.5, 0.6) is 0 Å². The highest BCUT2D eigenvalue weighted by Gasteiger charge is 2.27. The molecule has 1 heterocycles. The van der Waals surface area contributed by atoms with Crippen molar-refractivity contribution in [1.82, 2.24) is 4.90 Å². The molecule has 0 aromatic rings. The van der Waals surface area contributed by atoms with Gasteiger partial charge in [0.25, 0.3) is 5.91 Å². The number of rotatable bonds is 6. The van der Waals surface area contributed by atoms with Crippen LogP contribution in [0.2, 0.25) is 0 Å². The van der Waals surface area contributed by atoms with Gasteiger partial charge in [-0.05, 0) is 12.8 Å². The van der Waals surface area contributed by atoms with Crippen LogP contribution in [-0.2, 0) is 14.4 Å². The molecule has 16 heavy (non-hydrogen) atoms. The van der Waals surface area contributed by atoms with E-state index in [1.165, 1.54) is 4.90 Å². The van der Waals surface area contributed by atoms with E-state index in [-0.39, 0.29) is 18.2 Å². The quantitative estimate of drug-likeness (QED) is 0.419. The summed E-state index contributed by atoms with van der Waals surface area (Å²) in [6.07, 6.45) is 3.05. The number of unbranched alkanes of at least 4 members (excludes halogenated alkanes) is 2. The molecular formula is C10H15N3O3. The Kier molecular flexibility index (Phi) is 4.75. The molecule has 1 fully saturated rings. The van der Waals surface area contributed by atoms with Gasteiger partial charge in [-0.1, -0.05) is 6.42 Å². The summed E-state index contributed by atoms with van der Waals surface area (Å²) in [5, 5.41) is 2.78. The zero-order chi connectivity index (χ0) is 12.0. The Bertz CT molecular complexity index is 298. The molecule has 3 amide bonds. The molecule has 0 aliphatic carbocycles. The zero-order valence-corrected chi connectivity index (χ0v) is 9.07. The zero-order valence-electron chi connectivity index (χ0n) is 9.07. The third-order valence-corrected chi connectivity index (χ3v) is 2.55. The molecule has 6 heteroatoms. The minimum absolute atomic E-state index is 0.0952. The number of carbonyl (C=O) groups is 3. The lowest BCUT2D eigenvalue weighted by atomic mass is 10.2. The number of nitrogens with zero attached hydrogens (tertiary/aromatic N) is 2. The van der Waals surface area contributed by atoms with Crippen molar-refractivity contribution in [1.29, 1.82) is 5.53 Å². The summed E-state index contributed by atoms with van der Waals surface area (Å²) in [5.74, 6) is -0.613. The second kappa shape index (κ2) is 6.09. The molecule has 0 radical (unpaired) electrons. The number of hydrogen-bond donors (Lipinski definition) is 1. The van der Waals surface area contributed by atoms with Crippen LogP contribution in [0.4, 0.5) is 0 Å². The van der Waals surface area contributed by atoms with Crippen molar-refractivity contribution in [2.75, 3.05) is 6.54 Å². The number of likely N-dealkylation sites (tertiary alicyclic amines) is 1. The molecular weight excluding hydrogens is 210 g/mol. The molecule has 1 rings (SSSR count). The maximum atomic E-state index is 11.2. The summed E-state index contributed by atoms with van der Waals surface area (Å²) in [6.45, 7) is 0.448. The van der Waals surface area contributed by atoms with Gasteiger partial charge in [-0.2, -0.15) is 0 Å². The van der Waals surface area contributed by atoms with Crippen molar-refractivity contribution < 1.29 is 14.4 Å². The number of imide groups is 1. The molecule has 0 unspecified atom stereocenters. The van der Waals surface area contributed by atoms with Gasteiger partial charge in [0.1, 0.15) is 0 Å². The van der Waals surface area contributed by atoms with Gasteiger partial charge < -0.3 is 0 Å². The second-order valence-electron chi connectivity index (χ2n) is 3.76. The molecule has 0 aromatic carbocycles. The normalized spacial score (nSPS) is 15.6. The lowest BCUT2D eigenvalue weighted by Gasteiger charge is -2.12. The van der Waals surface area contributed by atoms with Crippen LogP contribution >= 0.6 is 0 Å². The maximum Gasteiger partial charge on any atom is 0.264 e. The lowest BCUT2D eigenvalue weighted by molar-refractivity contribution is -0.138. The van der Waals surface area contributed by atoms with Gasteiger partial charge in [-0.15, -0.1) is 5.11 Å². The molecule has 0 aromatic heterocycles. The first-order valence-corrected chi connectivity index (χ1v) is 5.38. The molecule has 0 spiro atoms. The minimum atomic E-state index is -0.423. The standard InChI is InChI=1S/C10H15N3O3/c11-12-8(14)4-2-1-3-7-13-9(15)5-6-10(13)16/h11H,1-7H2. The molecule has 0 atom stereocenters. The maximum absolute atomic E-state index is 11.2. The predicted octanol–water partition coefficient (Wildman–Crippen LogP) is 1.25. The largest absolute Gasteiger partial charge is 0.283 e. The summed E-state index contributed by atoms with van der Waals surface area (Å²) >= 11 is 0. The molecule has 1 aliphatic heterocycles. The van der Waals surface area contributed by atoms with Gasteiger partial charge >= 0.3 is 0 Å². The third kappa shape index (κ3) is 3.52. The van der Waals surface area contributed by atoms with E-state index in [2.05, 4.69) is 5.11 Å². The minimum Gasteiger partial charge on any atom is -0.283 e. The highest BCUT2D eigenvalue weighted by Crippen LogP contribution is 2.13. The van der Waals surface area contributed by atoms with Gasteiger partial charge in [0.05, 0.1) is 0 Å². The fourth-order valence-corrected chi connectivity index (χ4v) is 1.65. The Morgan fingerprint density at radius 1 is 1.19 bits per heavy atom. The van der Waals surface area contributed by atoms with Gasteiger partial charge in [0.15, 0.2) is 0 Å². The first-order chi connectivity index (χ1) is 7.65. The Morgan fingerprint density at radius 2 is 1.81 bits per heavy atom. The average molecular weight is 225 g/mol. The van der Waals surface area contributed by atoms with Gasteiger partial charge in [-0.25, -0.2) is 5.53 Å². The van der Waals surface area contributed by atoms with Gasteiger partial charge in [0, 0.05) is 25.8 Å². The van der Waals surface area contributed by atoms with Crippen LogP contribution in [-0.4, -0.2) is 29.2 Å². The number of carbonyl (C=O) groups excluding carboxylic acids is 3. The smallest absolute Gasteiger partial charge is 0.264 e. The molecule has 1 aliphatic rings. The average Bonchev–Trinajstić information content (AvgIpc) is 2.59. The van der Waals surface area contributed by atoms with E-state index in [1.54, 1.807) is 0 Å². The van der Waals surface area contributed by atoms with Crippen LogP contribution in [0.3, 0.4) is 0 Å². The van der Waals surface area contributed by atoms with Crippen molar-refractivity contribution in [3.8, 4) is 0 Å². The number of nitrogens with one attached hydrogen (secondary N) is 1. The molecule has 1 saturated heterocycles. The molecule has 0 bridgehead atoms. The third-order valence-electron chi connectivity index (χ3n) is 2.55. The summed E-state index contributed by atoms with van der Waals surface area (Å²) < 4.78 is 0. The van der Waals surface area contributed by atoms with Gasteiger partial charge in [0.2, 0.25) is 11.8 Å². The summed E-state index contributed by atoms with van der Waals surface area (Å²) in [6, 6.07) is 0. The Hall–Kier alpha value is -1.59. The van der Waals surface area contributed by atoms with Crippen molar-refractivity contribution in [3.63, 3.8) is 0 Å². The predicted molar refractivity (Wildman–Crippen MR) is 54.6 cm³/mol. The fourth-order valence-electron chi connectivity index (χ4n) is 1.65. The van der Waals surface area contributed by atoms with E-state index in [1.807, 2.05) is 0 Å². The van der Waals surface area contributed by atoms with E-state index in [9.17, 15) is 14.4 Å². The molecule has 0 saturated carbocycles. The van der Waals surface area contributed by atoms with E-state index >= 15 is 0 Å². The van der Waals surface area contributed by atoms with Crippen molar-refractivity contribution >= 4 is 17.7 Å². The van der Waals surface area contributed by atoms with Crippen molar-refractivity contribution in [3.05, 3.63) is 0 Å². The summed E-state index contributed by atoms with van der Waals surface area (Å²) in [7, 11) is 0. The Labute approximate surface area is 93.5 Å². The SMILES string of the molecule is N=NC(=O)CCCCCN1C(=O)CCC1=O. The Balaban J connectivity index is 2.11. The van der Waals surface area contributed by atoms with E-state index in [4.69, 9.17) is 5.53 Å².